The number of ether oxygens (including phenoxy) is 1. The first-order chi connectivity index (χ1) is 11.8. The molecule has 2 aromatic carbocycles. The number of amides is 1. The molecule has 0 heterocycles. The average molecular weight is 322 g/mol. The Morgan fingerprint density at radius 1 is 0.958 bits per heavy atom. The van der Waals surface area contributed by atoms with E-state index in [2.05, 4.69) is 10.5 Å². The first-order valence-electron chi connectivity index (χ1n) is 8.44. The van der Waals surface area contributed by atoms with E-state index in [-0.39, 0.29) is 5.91 Å². The number of hydrazone groups is 1. The van der Waals surface area contributed by atoms with Gasteiger partial charge in [0.15, 0.2) is 0 Å². The van der Waals surface area contributed by atoms with Crippen molar-refractivity contribution in [3.8, 4) is 5.75 Å². The van der Waals surface area contributed by atoms with Crippen molar-refractivity contribution in [3.63, 3.8) is 0 Å². The Labute approximate surface area is 142 Å². The molecule has 0 spiro atoms. The van der Waals surface area contributed by atoms with Crippen LogP contribution in [0.1, 0.15) is 48.0 Å². The van der Waals surface area contributed by atoms with Crippen molar-refractivity contribution in [1.82, 2.24) is 5.43 Å². The topological polar surface area (TPSA) is 50.7 Å². The number of benzene rings is 2. The van der Waals surface area contributed by atoms with Gasteiger partial charge in [-0.25, -0.2) is 5.43 Å². The number of nitrogens with one attached hydrogen (secondary N) is 1. The van der Waals surface area contributed by atoms with Crippen molar-refractivity contribution < 1.29 is 9.53 Å². The highest BCUT2D eigenvalue weighted by Gasteiger charge is 2.13. The predicted molar refractivity (Wildman–Crippen MR) is 95.2 cm³/mol. The fraction of sp³-hybridized carbons (Fsp3) is 0.300. The van der Waals surface area contributed by atoms with E-state index in [1.54, 1.807) is 6.07 Å². The van der Waals surface area contributed by atoms with Gasteiger partial charge in [0.25, 0.3) is 5.91 Å². The second-order valence-corrected chi connectivity index (χ2v) is 5.95. The highest BCUT2D eigenvalue weighted by molar-refractivity contribution is 5.97. The summed E-state index contributed by atoms with van der Waals surface area (Å²) in [5.41, 5.74) is 5.33. The van der Waals surface area contributed by atoms with Crippen molar-refractivity contribution in [3.05, 3.63) is 65.7 Å². The van der Waals surface area contributed by atoms with Crippen LogP contribution in [0, 0.1) is 0 Å². The minimum Gasteiger partial charge on any atom is -0.488 e. The van der Waals surface area contributed by atoms with Crippen molar-refractivity contribution >= 4 is 11.6 Å². The summed E-state index contributed by atoms with van der Waals surface area (Å²) in [4.78, 5) is 12.4. The normalized spacial score (nSPS) is 14.1. The maximum Gasteiger partial charge on any atom is 0.275 e. The van der Waals surface area contributed by atoms with Crippen LogP contribution in [0.25, 0.3) is 0 Å². The molecule has 0 radical (unpaired) electrons. The van der Waals surface area contributed by atoms with Crippen LogP contribution >= 0.6 is 0 Å². The summed E-state index contributed by atoms with van der Waals surface area (Å²) in [6.07, 6.45) is 5.53. The Hall–Kier alpha value is -2.62. The highest BCUT2D eigenvalue weighted by Crippen LogP contribution is 2.20. The van der Waals surface area contributed by atoms with Crippen LogP contribution in [0.15, 0.2) is 59.7 Å². The van der Waals surface area contributed by atoms with Gasteiger partial charge in [0.1, 0.15) is 12.4 Å². The molecular formula is C20H22N2O2. The molecule has 0 aromatic heterocycles. The van der Waals surface area contributed by atoms with Gasteiger partial charge in [-0.05, 0) is 43.4 Å². The summed E-state index contributed by atoms with van der Waals surface area (Å²) in [5.74, 6) is 0.347. The summed E-state index contributed by atoms with van der Waals surface area (Å²) in [6, 6.07) is 17.2. The van der Waals surface area contributed by atoms with Crippen molar-refractivity contribution in [2.45, 2.75) is 38.7 Å². The lowest BCUT2D eigenvalue weighted by Crippen LogP contribution is -2.21. The lowest BCUT2D eigenvalue weighted by Gasteiger charge is -2.13. The van der Waals surface area contributed by atoms with E-state index in [0.717, 1.165) is 37.0 Å². The molecular weight excluding hydrogens is 300 g/mol. The molecule has 2 aromatic rings. The van der Waals surface area contributed by atoms with Gasteiger partial charge in [0.2, 0.25) is 0 Å². The third-order valence-electron chi connectivity index (χ3n) is 4.12. The van der Waals surface area contributed by atoms with Crippen LogP contribution in [-0.2, 0) is 6.61 Å². The number of carbonyl (C=O) groups excluding carboxylic acids is 1. The second kappa shape index (κ2) is 8.29. The molecule has 4 nitrogen and oxygen atoms in total. The summed E-state index contributed by atoms with van der Waals surface area (Å²) in [5, 5.41) is 4.28. The van der Waals surface area contributed by atoms with Crippen LogP contribution in [0.5, 0.6) is 5.75 Å². The fourth-order valence-electron chi connectivity index (χ4n) is 2.78. The lowest BCUT2D eigenvalue weighted by atomic mass is 9.99. The van der Waals surface area contributed by atoms with Gasteiger partial charge < -0.3 is 4.74 Å². The van der Waals surface area contributed by atoms with E-state index in [0.29, 0.717) is 17.9 Å². The SMILES string of the molecule is O=C(NN=C1CCCCC1)c1ccccc1OCc1ccccc1. The maximum atomic E-state index is 12.4. The monoisotopic (exact) mass is 322 g/mol. The summed E-state index contributed by atoms with van der Waals surface area (Å²) in [6.45, 7) is 0.430. The van der Waals surface area contributed by atoms with E-state index in [1.807, 2.05) is 48.5 Å². The van der Waals surface area contributed by atoms with E-state index in [1.165, 1.54) is 6.42 Å². The molecule has 1 amide bonds. The van der Waals surface area contributed by atoms with Crippen LogP contribution in [0.4, 0.5) is 0 Å². The molecule has 0 aliphatic heterocycles. The van der Waals surface area contributed by atoms with Crippen LogP contribution in [-0.4, -0.2) is 11.6 Å². The third kappa shape index (κ3) is 4.44. The number of carbonyl (C=O) groups is 1. The molecule has 0 atom stereocenters. The Morgan fingerprint density at radius 3 is 2.46 bits per heavy atom. The zero-order valence-corrected chi connectivity index (χ0v) is 13.7. The lowest BCUT2D eigenvalue weighted by molar-refractivity contribution is 0.0950. The zero-order chi connectivity index (χ0) is 16.6. The van der Waals surface area contributed by atoms with Crippen LogP contribution in [0.3, 0.4) is 0 Å². The molecule has 1 fully saturated rings. The Kier molecular flexibility index (Phi) is 5.61. The van der Waals surface area contributed by atoms with Gasteiger partial charge in [0.05, 0.1) is 5.56 Å². The average Bonchev–Trinajstić information content (AvgIpc) is 2.66. The van der Waals surface area contributed by atoms with Crippen molar-refractivity contribution in [1.29, 1.82) is 0 Å². The van der Waals surface area contributed by atoms with E-state index in [9.17, 15) is 4.79 Å². The molecule has 1 aliphatic carbocycles. The molecule has 0 saturated heterocycles. The highest BCUT2D eigenvalue weighted by atomic mass is 16.5. The van der Waals surface area contributed by atoms with Gasteiger partial charge in [0, 0.05) is 5.71 Å². The van der Waals surface area contributed by atoms with Crippen LogP contribution in [0.2, 0.25) is 0 Å². The Balaban J connectivity index is 1.65. The molecule has 3 rings (SSSR count). The number of hydrogen-bond acceptors (Lipinski definition) is 3. The number of nitrogens with zero attached hydrogens (tertiary/aromatic N) is 1. The molecule has 1 saturated carbocycles. The molecule has 124 valence electrons. The minimum absolute atomic E-state index is 0.225. The standard InChI is InChI=1S/C20H22N2O2/c23-20(22-21-17-11-5-2-6-12-17)18-13-7-8-14-19(18)24-15-16-9-3-1-4-10-16/h1,3-4,7-10,13-14H,2,5-6,11-12,15H2,(H,22,23). The summed E-state index contributed by atoms with van der Waals surface area (Å²) < 4.78 is 5.83. The smallest absolute Gasteiger partial charge is 0.275 e. The molecule has 1 N–H and O–H groups in total. The second-order valence-electron chi connectivity index (χ2n) is 5.95. The first-order valence-corrected chi connectivity index (χ1v) is 8.44. The van der Waals surface area contributed by atoms with Gasteiger partial charge in [-0.3, -0.25) is 4.79 Å². The van der Waals surface area contributed by atoms with Crippen molar-refractivity contribution in [2.75, 3.05) is 0 Å². The van der Waals surface area contributed by atoms with Gasteiger partial charge in [-0.15, -0.1) is 0 Å². The number of hydrogen-bond donors (Lipinski definition) is 1. The fourth-order valence-corrected chi connectivity index (χ4v) is 2.78. The zero-order valence-electron chi connectivity index (χ0n) is 13.7. The quantitative estimate of drug-likeness (QED) is 0.834. The van der Waals surface area contributed by atoms with Gasteiger partial charge in [-0.2, -0.15) is 5.10 Å². The number of rotatable bonds is 5. The van der Waals surface area contributed by atoms with E-state index >= 15 is 0 Å². The number of para-hydroxylation sites is 1. The van der Waals surface area contributed by atoms with Gasteiger partial charge in [-0.1, -0.05) is 48.9 Å². The summed E-state index contributed by atoms with van der Waals surface area (Å²) in [7, 11) is 0. The first kappa shape index (κ1) is 16.2. The maximum absolute atomic E-state index is 12.4. The molecule has 0 unspecified atom stereocenters. The molecule has 0 bridgehead atoms. The summed E-state index contributed by atoms with van der Waals surface area (Å²) >= 11 is 0. The van der Waals surface area contributed by atoms with E-state index in [4.69, 9.17) is 4.74 Å². The van der Waals surface area contributed by atoms with Crippen molar-refractivity contribution in [2.24, 2.45) is 5.10 Å². The van der Waals surface area contributed by atoms with Gasteiger partial charge >= 0.3 is 0 Å². The minimum atomic E-state index is -0.225. The molecule has 24 heavy (non-hydrogen) atoms. The largest absolute Gasteiger partial charge is 0.488 e. The third-order valence-corrected chi connectivity index (χ3v) is 4.12. The van der Waals surface area contributed by atoms with Crippen LogP contribution < -0.4 is 10.2 Å². The molecule has 1 aliphatic rings. The van der Waals surface area contributed by atoms with E-state index < -0.39 is 0 Å². The Morgan fingerprint density at radius 2 is 1.67 bits per heavy atom. The molecule has 4 heteroatoms. The Bertz CT molecular complexity index is 703. The predicted octanol–water partition coefficient (Wildman–Crippen LogP) is 4.32.